The molecule has 134 heavy (non-hydrogen) atoms. The lowest BCUT2D eigenvalue weighted by atomic mass is 9.89. The summed E-state index contributed by atoms with van der Waals surface area (Å²) in [7, 11) is 17.7. The normalized spacial score (nSPS) is 26.0. The Kier molecular flexibility index (Phi) is 28.3. The van der Waals surface area contributed by atoms with Crippen LogP contribution in [0.25, 0.3) is 22.6 Å². The molecule has 10 saturated heterocycles. The number of fused-ring (bicyclic) bond motifs is 8. The molecule has 0 radical (unpaired) electrons. The minimum Gasteiger partial charge on any atom is -0.387 e. The molecule has 28 heteroatoms. The number of piperidine rings is 4. The van der Waals surface area contributed by atoms with Crippen molar-refractivity contribution < 1.29 is 10.2 Å². The van der Waals surface area contributed by atoms with Crippen molar-refractivity contribution in [1.29, 1.82) is 0 Å². The molecule has 12 aromatic rings. The first-order valence-corrected chi connectivity index (χ1v) is 50.9. The topological polar surface area (TPSA) is 200 Å². The second-order valence-corrected chi connectivity index (χ2v) is 41.1. The molecule has 10 fully saturated rings. The van der Waals surface area contributed by atoms with E-state index in [1.54, 1.807) is 0 Å². The number of piperazine rings is 4. The lowest BCUT2D eigenvalue weighted by molar-refractivity contribution is 0.103. The molecule has 22 heterocycles. The highest BCUT2D eigenvalue weighted by Gasteiger charge is 2.45. The maximum Gasteiger partial charge on any atom is 0.139 e. The summed E-state index contributed by atoms with van der Waals surface area (Å²) in [5, 5.41) is 24.1. The average Bonchev–Trinajstić information content (AvgIpc) is 1.60. The van der Waals surface area contributed by atoms with Crippen LogP contribution in [0.4, 0.5) is 23.3 Å². The number of nitrogens with zero attached hydrogens (tertiary/aromatic N) is 24. The largest absolute Gasteiger partial charge is 0.387 e. The SMILES string of the molecule is CC[C@@H](O)c1c([C@H]2CCC[C@@H](c3ncccc3C)N2C)nc2cccc(N3CCN(C)CC3)n12.CC[C@H](O)c1c([C@H]2CCC[C@@H](c3ncccc3C)N2C)nc2cccc(N3CCN(C)CC3)n12.Cc1cccnc1[C@@H]1CCC[C@H](c2nc3cccc(N4C5CCC4CN(C)C5)n3c2Cl)N1C.Cc1cccnc1[C@@H]1CCC[C@H](c2nc3cccc(N4CC5CCC(C4)N5C)n3c2Cl)N1C. The van der Waals surface area contributed by atoms with Gasteiger partial charge in [0.05, 0.1) is 117 Å². The molecule has 0 amide bonds. The molecule has 712 valence electrons. The molecular weight excluding hydrogens is 1710 g/mol. The number of aliphatic hydroxyl groups excluding tert-OH is 2. The maximum absolute atomic E-state index is 11.3. The average molecular weight is 1860 g/mol. The summed E-state index contributed by atoms with van der Waals surface area (Å²) in [6, 6.07) is 46.4. The molecule has 0 aliphatic carbocycles. The van der Waals surface area contributed by atoms with Gasteiger partial charge in [0.25, 0.3) is 0 Å². The minimum atomic E-state index is -0.552. The predicted molar refractivity (Wildman–Crippen MR) is 539 cm³/mol. The smallest absolute Gasteiger partial charge is 0.139 e. The fourth-order valence-electron chi connectivity index (χ4n) is 24.6. The Morgan fingerprint density at radius 3 is 0.910 bits per heavy atom. The fraction of sp³-hybridized carbons (Fsp3) is 0.547. The number of imidazole rings is 4. The van der Waals surface area contributed by atoms with Crippen LogP contribution in [0.5, 0.6) is 0 Å². The molecule has 22 rings (SSSR count). The van der Waals surface area contributed by atoms with Crippen LogP contribution < -0.4 is 19.6 Å². The van der Waals surface area contributed by atoms with Gasteiger partial charge in [-0.3, -0.25) is 62.0 Å². The van der Waals surface area contributed by atoms with Crippen LogP contribution in [0, 0.1) is 27.7 Å². The van der Waals surface area contributed by atoms with Gasteiger partial charge in [0.2, 0.25) is 0 Å². The molecule has 12 aromatic heterocycles. The van der Waals surface area contributed by atoms with Crippen molar-refractivity contribution in [1.82, 2.24) is 96.7 Å². The van der Waals surface area contributed by atoms with Crippen molar-refractivity contribution in [3.63, 3.8) is 0 Å². The van der Waals surface area contributed by atoms with E-state index < -0.39 is 12.2 Å². The van der Waals surface area contributed by atoms with E-state index in [-0.39, 0.29) is 36.3 Å². The zero-order valence-electron chi connectivity index (χ0n) is 81.5. The van der Waals surface area contributed by atoms with Crippen LogP contribution in [0.15, 0.2) is 146 Å². The van der Waals surface area contributed by atoms with Gasteiger partial charge < -0.3 is 44.5 Å². The third kappa shape index (κ3) is 18.1. The van der Waals surface area contributed by atoms with Gasteiger partial charge in [0, 0.05) is 127 Å². The second kappa shape index (κ2) is 40.4. The summed E-state index contributed by atoms with van der Waals surface area (Å²) in [5.74, 6) is 4.66. The number of anilines is 4. The highest BCUT2D eigenvalue weighted by Crippen LogP contribution is 2.50. The first-order chi connectivity index (χ1) is 65.0. The number of aromatic nitrogens is 12. The number of aliphatic hydroxyl groups is 2. The summed E-state index contributed by atoms with van der Waals surface area (Å²) in [6.07, 6.45) is 26.1. The first-order valence-electron chi connectivity index (χ1n) is 50.1. The highest BCUT2D eigenvalue weighted by atomic mass is 35.5. The minimum absolute atomic E-state index is 0.150. The lowest BCUT2D eigenvalue weighted by Crippen LogP contribution is -2.53. The van der Waals surface area contributed by atoms with Gasteiger partial charge in [-0.05, 0) is 295 Å². The molecule has 2 N–H and O–H groups in total. The number of likely N-dealkylation sites (tertiary alicyclic amines) is 5. The molecule has 10 aliphatic heterocycles. The van der Waals surface area contributed by atoms with Gasteiger partial charge in [0.1, 0.15) is 56.2 Å². The molecule has 14 atom stereocenters. The van der Waals surface area contributed by atoms with Crippen molar-refractivity contribution in [3.8, 4) is 0 Å². The van der Waals surface area contributed by atoms with Crippen LogP contribution in [0.3, 0.4) is 0 Å². The number of hydrogen-bond donors (Lipinski definition) is 2. The van der Waals surface area contributed by atoms with Crippen LogP contribution >= 0.6 is 23.2 Å². The van der Waals surface area contributed by atoms with Crippen LogP contribution in [-0.2, 0) is 0 Å². The number of halogens is 2. The van der Waals surface area contributed by atoms with Crippen molar-refractivity contribution in [2.24, 2.45) is 0 Å². The monoisotopic (exact) mass is 1850 g/mol. The molecule has 0 aromatic carbocycles. The quantitative estimate of drug-likeness (QED) is 0.0924. The van der Waals surface area contributed by atoms with Gasteiger partial charge >= 0.3 is 0 Å². The van der Waals surface area contributed by atoms with Crippen molar-refractivity contribution in [3.05, 3.63) is 236 Å². The molecule has 10 aliphatic rings. The zero-order chi connectivity index (χ0) is 93.0. The number of pyridine rings is 8. The van der Waals surface area contributed by atoms with E-state index >= 15 is 0 Å². The molecule has 4 bridgehead atoms. The Balaban J connectivity index is 0.000000115. The van der Waals surface area contributed by atoms with Crippen molar-refractivity contribution in [2.75, 3.05) is 155 Å². The molecule has 0 spiro atoms. The third-order valence-electron chi connectivity index (χ3n) is 32.2. The third-order valence-corrected chi connectivity index (χ3v) is 32.9. The maximum atomic E-state index is 11.3. The molecular formula is C106H142Cl2N24O2. The Labute approximate surface area is 802 Å². The molecule has 0 saturated carbocycles. The van der Waals surface area contributed by atoms with E-state index in [2.05, 4.69) is 271 Å². The first kappa shape index (κ1) is 93.7. The molecule has 26 nitrogen and oxygen atoms in total. The van der Waals surface area contributed by atoms with Crippen molar-refractivity contribution >= 4 is 69.1 Å². The van der Waals surface area contributed by atoms with Gasteiger partial charge in [-0.15, -0.1) is 0 Å². The van der Waals surface area contributed by atoms with Crippen LogP contribution in [0.1, 0.15) is 269 Å². The highest BCUT2D eigenvalue weighted by molar-refractivity contribution is 6.31. The van der Waals surface area contributed by atoms with E-state index in [0.29, 0.717) is 49.1 Å². The number of aryl methyl sites for hydroxylation is 4. The van der Waals surface area contributed by atoms with Gasteiger partial charge in [-0.25, -0.2) is 19.9 Å². The summed E-state index contributed by atoms with van der Waals surface area (Å²) in [5.41, 5.74) is 19.4. The van der Waals surface area contributed by atoms with Gasteiger partial charge in [-0.1, -0.05) is 85.6 Å². The van der Waals surface area contributed by atoms with Gasteiger partial charge in [0.15, 0.2) is 0 Å². The van der Waals surface area contributed by atoms with E-state index in [1.165, 1.54) is 71.0 Å². The second-order valence-electron chi connectivity index (χ2n) is 40.4. The Morgan fingerprint density at radius 2 is 0.582 bits per heavy atom. The number of hydrogen-bond acceptors (Lipinski definition) is 22. The predicted octanol–water partition coefficient (Wildman–Crippen LogP) is 18.0. The number of rotatable bonds is 16. The Bertz CT molecular complexity index is 5870. The summed E-state index contributed by atoms with van der Waals surface area (Å²) >= 11 is 14.3. The van der Waals surface area contributed by atoms with Crippen molar-refractivity contribution in [2.45, 2.75) is 242 Å². The zero-order valence-corrected chi connectivity index (χ0v) is 83.0. The van der Waals surface area contributed by atoms with Crippen LogP contribution in [0.2, 0.25) is 10.3 Å². The standard InChI is InChI=1S/2C27H38N6O.2C26H33ClN6/c2*1-5-22(34)27-26(21-11-6-10-20(31(21)4)25-19(2)9-8-14-28-25)29-23-12-7-13-24(33(23)27)32-17-15-30(3)16-18-32;1-17-7-6-14-28-24(17)20-8-4-9-21(31(20)3)25-26(27)33-22(29-25)10-5-11-23(33)32-15-18-12-13-19(16-32)30(18)2;1-17-7-6-14-28-24(17)20-8-4-9-21(31(20)3)25-26(27)33-22(29-25)10-5-11-23(33)32-18-12-13-19(32)16-30(2)15-18/h2*7-9,12-14,20-22,34H,5-6,10-11,15-18H2,1-4H3;2*5-7,10-11,14,18-21H,4,8-9,12-13,15-16H2,1-3H3/t20-,21+,22+;20-,21+,22-;2*18?,19?,20-,21+/m0000/s1. The number of likely N-dealkylation sites (N-methyl/N-ethyl adjacent to an activating group) is 4. The van der Waals surface area contributed by atoms with E-state index in [0.717, 1.165) is 246 Å². The van der Waals surface area contributed by atoms with E-state index in [4.69, 9.17) is 63.1 Å². The van der Waals surface area contributed by atoms with E-state index in [9.17, 15) is 10.2 Å². The van der Waals surface area contributed by atoms with E-state index in [1.807, 2.05) is 49.1 Å². The fourth-order valence-corrected chi connectivity index (χ4v) is 25.3. The summed E-state index contributed by atoms with van der Waals surface area (Å²) in [6.45, 7) is 25.2. The Hall–Kier alpha value is -9.26. The van der Waals surface area contributed by atoms with Gasteiger partial charge in [-0.2, -0.15) is 0 Å². The van der Waals surface area contributed by atoms with Crippen LogP contribution in [-0.4, -0.2) is 266 Å². The Morgan fingerprint density at radius 1 is 0.299 bits per heavy atom. The summed E-state index contributed by atoms with van der Waals surface area (Å²) < 4.78 is 8.86. The lowest BCUT2D eigenvalue weighted by Gasteiger charge is -2.41. The molecule has 4 unspecified atom stereocenters. The summed E-state index contributed by atoms with van der Waals surface area (Å²) in [4.78, 5) is 69.1.